The molecule has 0 aromatic carbocycles. The van der Waals surface area contributed by atoms with Crippen LogP contribution in [0.25, 0.3) is 0 Å². The zero-order valence-electron chi connectivity index (χ0n) is 12.8. The van der Waals surface area contributed by atoms with Gasteiger partial charge in [-0.25, -0.2) is 8.42 Å². The van der Waals surface area contributed by atoms with E-state index >= 15 is 0 Å². The van der Waals surface area contributed by atoms with E-state index in [0.717, 1.165) is 13.0 Å². The Morgan fingerprint density at radius 2 is 2.29 bits per heavy atom. The summed E-state index contributed by atoms with van der Waals surface area (Å²) in [6, 6.07) is -0.158. The Bertz CT molecular complexity index is 570. The first-order chi connectivity index (χ1) is 9.98. The second-order valence-electron chi connectivity index (χ2n) is 5.34. The van der Waals surface area contributed by atoms with Crippen LogP contribution in [0.15, 0.2) is 4.90 Å². The number of nitrogens with zero attached hydrogens (tertiary/aromatic N) is 2. The van der Waals surface area contributed by atoms with Crippen molar-refractivity contribution >= 4 is 10.0 Å². The predicted molar refractivity (Wildman–Crippen MR) is 79.5 cm³/mol. The first kappa shape index (κ1) is 16.4. The van der Waals surface area contributed by atoms with Crippen LogP contribution < -0.4 is 5.32 Å². The fourth-order valence-corrected chi connectivity index (χ4v) is 4.43. The summed E-state index contributed by atoms with van der Waals surface area (Å²) in [4.78, 5) is 0.305. The van der Waals surface area contributed by atoms with Gasteiger partial charge in [0.25, 0.3) is 0 Å². The number of hydrogen-bond acceptors (Lipinski definition) is 5. The van der Waals surface area contributed by atoms with Crippen molar-refractivity contribution in [2.45, 2.75) is 44.7 Å². The molecule has 1 aromatic rings. The molecule has 1 aromatic heterocycles. The first-order valence-corrected chi connectivity index (χ1v) is 8.76. The minimum Gasteiger partial charge on any atom is -0.378 e. The van der Waals surface area contributed by atoms with Crippen molar-refractivity contribution < 1.29 is 13.2 Å². The standard InChI is InChI=1S/C13H24N4O3S/c1-4-5-14-8-12-13(11(3)15-16-12)21(18,19)17-6-7-20-9-10(17)2/h10,14H,4-9H2,1-3H3,(H,15,16). The molecule has 1 fully saturated rings. The van der Waals surface area contributed by atoms with E-state index < -0.39 is 10.0 Å². The highest BCUT2D eigenvalue weighted by atomic mass is 32.2. The number of H-pyrrole nitrogens is 1. The molecule has 0 bridgehead atoms. The van der Waals surface area contributed by atoms with Gasteiger partial charge in [-0.1, -0.05) is 6.92 Å². The van der Waals surface area contributed by atoms with Crippen molar-refractivity contribution in [2.24, 2.45) is 0 Å². The first-order valence-electron chi connectivity index (χ1n) is 7.32. The van der Waals surface area contributed by atoms with Gasteiger partial charge >= 0.3 is 0 Å². The average Bonchev–Trinajstić information content (AvgIpc) is 2.81. The van der Waals surface area contributed by atoms with E-state index in [2.05, 4.69) is 22.4 Å². The minimum absolute atomic E-state index is 0.158. The SMILES string of the molecule is CCCNCc1n[nH]c(C)c1S(=O)(=O)N1CCOCC1C. The summed E-state index contributed by atoms with van der Waals surface area (Å²) in [7, 11) is -3.55. The predicted octanol–water partition coefficient (Wildman–Crippen LogP) is 0.627. The van der Waals surface area contributed by atoms with E-state index in [9.17, 15) is 8.42 Å². The summed E-state index contributed by atoms with van der Waals surface area (Å²) in [5, 5.41) is 10.1. The molecule has 1 atom stereocenters. The van der Waals surface area contributed by atoms with E-state index in [1.54, 1.807) is 6.92 Å². The Morgan fingerprint density at radius 3 is 2.95 bits per heavy atom. The number of rotatable bonds is 6. The molecule has 0 amide bonds. The fraction of sp³-hybridized carbons (Fsp3) is 0.769. The Morgan fingerprint density at radius 1 is 1.52 bits per heavy atom. The van der Waals surface area contributed by atoms with E-state index in [1.807, 2.05) is 6.92 Å². The molecule has 2 N–H and O–H groups in total. The third kappa shape index (κ3) is 3.45. The van der Waals surface area contributed by atoms with E-state index in [-0.39, 0.29) is 6.04 Å². The monoisotopic (exact) mass is 316 g/mol. The number of aryl methyl sites for hydroxylation is 1. The van der Waals surface area contributed by atoms with Crippen molar-refractivity contribution in [2.75, 3.05) is 26.3 Å². The molecule has 1 aliphatic heterocycles. The minimum atomic E-state index is -3.55. The largest absolute Gasteiger partial charge is 0.378 e. The highest BCUT2D eigenvalue weighted by molar-refractivity contribution is 7.89. The van der Waals surface area contributed by atoms with Crippen molar-refractivity contribution in [3.05, 3.63) is 11.4 Å². The summed E-state index contributed by atoms with van der Waals surface area (Å²) in [5.41, 5.74) is 1.14. The number of sulfonamides is 1. The van der Waals surface area contributed by atoms with Crippen molar-refractivity contribution in [3.8, 4) is 0 Å². The summed E-state index contributed by atoms with van der Waals surface area (Å²) >= 11 is 0. The van der Waals surface area contributed by atoms with Gasteiger partial charge in [-0.3, -0.25) is 5.10 Å². The normalized spacial score (nSPS) is 20.8. The lowest BCUT2D eigenvalue weighted by atomic mass is 10.3. The van der Waals surface area contributed by atoms with Crippen molar-refractivity contribution in [1.82, 2.24) is 19.8 Å². The maximum atomic E-state index is 12.9. The molecule has 0 aliphatic carbocycles. The van der Waals surface area contributed by atoms with Gasteiger partial charge in [0.1, 0.15) is 4.90 Å². The summed E-state index contributed by atoms with van der Waals surface area (Å²) in [5.74, 6) is 0. The van der Waals surface area contributed by atoms with Gasteiger partial charge in [-0.05, 0) is 26.8 Å². The highest BCUT2D eigenvalue weighted by Gasteiger charge is 2.35. The van der Waals surface area contributed by atoms with Gasteiger partial charge in [0.2, 0.25) is 10.0 Å². The van der Waals surface area contributed by atoms with Gasteiger partial charge in [0, 0.05) is 19.1 Å². The van der Waals surface area contributed by atoms with Crippen LogP contribution in [0.3, 0.4) is 0 Å². The Hall–Kier alpha value is -0.960. The molecule has 21 heavy (non-hydrogen) atoms. The van der Waals surface area contributed by atoms with Gasteiger partial charge in [-0.15, -0.1) is 0 Å². The molecule has 1 saturated heterocycles. The molecular weight excluding hydrogens is 292 g/mol. The lowest BCUT2D eigenvalue weighted by Crippen LogP contribution is -2.47. The molecule has 0 radical (unpaired) electrons. The summed E-state index contributed by atoms with van der Waals surface area (Å²) in [6.07, 6.45) is 0.992. The quantitative estimate of drug-likeness (QED) is 0.752. The van der Waals surface area contributed by atoms with Crippen LogP contribution in [0, 0.1) is 6.92 Å². The molecule has 2 rings (SSSR count). The zero-order valence-corrected chi connectivity index (χ0v) is 13.7. The third-order valence-corrected chi connectivity index (χ3v) is 5.77. The van der Waals surface area contributed by atoms with Crippen LogP contribution in [0.2, 0.25) is 0 Å². The molecule has 8 heteroatoms. The lowest BCUT2D eigenvalue weighted by molar-refractivity contribution is 0.0392. The molecule has 1 aliphatic rings. The van der Waals surface area contributed by atoms with Crippen LogP contribution >= 0.6 is 0 Å². The topological polar surface area (TPSA) is 87.3 Å². The smallest absolute Gasteiger partial charge is 0.247 e. The lowest BCUT2D eigenvalue weighted by Gasteiger charge is -2.32. The number of hydrogen-bond donors (Lipinski definition) is 2. The van der Waals surface area contributed by atoms with Crippen LogP contribution in [0.1, 0.15) is 31.7 Å². The summed E-state index contributed by atoms with van der Waals surface area (Å²) in [6.45, 7) is 8.20. The Balaban J connectivity index is 2.28. The van der Waals surface area contributed by atoms with Gasteiger partial charge in [-0.2, -0.15) is 9.40 Å². The third-order valence-electron chi connectivity index (χ3n) is 3.55. The van der Waals surface area contributed by atoms with E-state index in [0.29, 0.717) is 42.6 Å². The number of morpholine rings is 1. The zero-order chi connectivity index (χ0) is 15.5. The number of ether oxygens (including phenoxy) is 1. The van der Waals surface area contributed by atoms with Gasteiger partial charge in [0.05, 0.1) is 24.6 Å². The maximum absolute atomic E-state index is 12.9. The Labute approximate surface area is 126 Å². The fourth-order valence-electron chi connectivity index (χ4n) is 2.50. The maximum Gasteiger partial charge on any atom is 0.247 e. The average molecular weight is 316 g/mol. The van der Waals surface area contributed by atoms with Crippen LogP contribution in [-0.2, 0) is 21.3 Å². The van der Waals surface area contributed by atoms with Crippen molar-refractivity contribution in [3.63, 3.8) is 0 Å². The number of nitrogens with one attached hydrogen (secondary N) is 2. The van der Waals surface area contributed by atoms with Crippen LogP contribution in [-0.4, -0.2) is 55.3 Å². The molecule has 1 unspecified atom stereocenters. The molecule has 0 spiro atoms. The number of aromatic nitrogens is 2. The van der Waals surface area contributed by atoms with Crippen LogP contribution in [0.4, 0.5) is 0 Å². The van der Waals surface area contributed by atoms with Gasteiger partial charge < -0.3 is 10.1 Å². The van der Waals surface area contributed by atoms with Crippen LogP contribution in [0.5, 0.6) is 0 Å². The number of aromatic amines is 1. The molecule has 120 valence electrons. The molecule has 7 nitrogen and oxygen atoms in total. The Kier molecular flexibility index (Phi) is 5.37. The molecule has 0 saturated carbocycles. The van der Waals surface area contributed by atoms with E-state index in [1.165, 1.54) is 4.31 Å². The second kappa shape index (κ2) is 6.87. The second-order valence-corrected chi connectivity index (χ2v) is 7.17. The van der Waals surface area contributed by atoms with Crippen molar-refractivity contribution in [1.29, 1.82) is 0 Å². The highest BCUT2D eigenvalue weighted by Crippen LogP contribution is 2.25. The molecular formula is C13H24N4O3S. The van der Waals surface area contributed by atoms with Gasteiger partial charge in [0.15, 0.2) is 0 Å². The summed E-state index contributed by atoms with van der Waals surface area (Å²) < 4.78 is 32.7. The molecule has 2 heterocycles. The van der Waals surface area contributed by atoms with E-state index in [4.69, 9.17) is 4.74 Å².